The number of anilines is 2. The van der Waals surface area contributed by atoms with Gasteiger partial charge in [0.05, 0.1) is 6.61 Å². The van der Waals surface area contributed by atoms with Crippen LogP contribution in [0.4, 0.5) is 11.6 Å². The summed E-state index contributed by atoms with van der Waals surface area (Å²) in [5, 5.41) is 9.25. The molecule has 0 radical (unpaired) electrons. The van der Waals surface area contributed by atoms with Gasteiger partial charge in [-0.1, -0.05) is 30.3 Å². The summed E-state index contributed by atoms with van der Waals surface area (Å²) in [5.74, 6) is 7.34. The summed E-state index contributed by atoms with van der Waals surface area (Å²) in [5.41, 5.74) is 3.68. The van der Waals surface area contributed by atoms with Crippen molar-refractivity contribution in [2.45, 2.75) is 13.5 Å². The molecule has 0 fully saturated rings. The van der Waals surface area contributed by atoms with E-state index in [4.69, 9.17) is 5.84 Å². The quantitative estimate of drug-likeness (QED) is 0.539. The Balaban J connectivity index is 2.26. The van der Waals surface area contributed by atoms with Gasteiger partial charge in [-0.15, -0.1) is 0 Å². The molecular formula is C14H19N5O. The first kappa shape index (κ1) is 14.2. The second kappa shape index (κ2) is 6.83. The fourth-order valence-electron chi connectivity index (χ4n) is 1.99. The highest BCUT2D eigenvalue weighted by Crippen LogP contribution is 2.17. The van der Waals surface area contributed by atoms with Gasteiger partial charge in [-0.25, -0.2) is 15.8 Å². The maximum Gasteiger partial charge on any atom is 0.145 e. The lowest BCUT2D eigenvalue weighted by molar-refractivity contribution is 0.301. The SMILES string of the molecule is Cc1nc(NN)cc(N(CCO)Cc2ccccc2)n1. The second-order valence-corrected chi connectivity index (χ2v) is 4.43. The lowest BCUT2D eigenvalue weighted by Crippen LogP contribution is -2.27. The predicted molar refractivity (Wildman–Crippen MR) is 79.2 cm³/mol. The van der Waals surface area contributed by atoms with E-state index in [0.717, 1.165) is 11.4 Å². The summed E-state index contributed by atoms with van der Waals surface area (Å²) < 4.78 is 0. The van der Waals surface area contributed by atoms with Gasteiger partial charge in [-0.3, -0.25) is 0 Å². The summed E-state index contributed by atoms with van der Waals surface area (Å²) in [6, 6.07) is 11.8. The monoisotopic (exact) mass is 273 g/mol. The summed E-state index contributed by atoms with van der Waals surface area (Å²) >= 11 is 0. The van der Waals surface area contributed by atoms with E-state index in [0.29, 0.717) is 24.7 Å². The molecule has 0 amide bonds. The fourth-order valence-corrected chi connectivity index (χ4v) is 1.99. The van der Waals surface area contributed by atoms with Crippen molar-refractivity contribution in [1.29, 1.82) is 0 Å². The van der Waals surface area contributed by atoms with E-state index in [-0.39, 0.29) is 6.61 Å². The largest absolute Gasteiger partial charge is 0.395 e. The molecule has 0 saturated heterocycles. The van der Waals surface area contributed by atoms with Gasteiger partial charge in [0.15, 0.2) is 0 Å². The molecule has 0 aliphatic rings. The predicted octanol–water partition coefficient (Wildman–Crippen LogP) is 1.07. The van der Waals surface area contributed by atoms with Crippen LogP contribution in [0.3, 0.4) is 0 Å². The Morgan fingerprint density at radius 3 is 2.65 bits per heavy atom. The Bertz CT molecular complexity index is 547. The van der Waals surface area contributed by atoms with Crippen LogP contribution in [0, 0.1) is 6.92 Å². The van der Waals surface area contributed by atoms with Crippen LogP contribution < -0.4 is 16.2 Å². The zero-order valence-corrected chi connectivity index (χ0v) is 11.5. The van der Waals surface area contributed by atoms with Gasteiger partial charge in [0.1, 0.15) is 17.5 Å². The van der Waals surface area contributed by atoms with Crippen LogP contribution in [-0.2, 0) is 6.54 Å². The smallest absolute Gasteiger partial charge is 0.145 e. The van der Waals surface area contributed by atoms with Crippen molar-refractivity contribution in [1.82, 2.24) is 9.97 Å². The zero-order chi connectivity index (χ0) is 14.4. The van der Waals surface area contributed by atoms with Gasteiger partial charge in [-0.05, 0) is 12.5 Å². The molecule has 6 heteroatoms. The molecule has 0 saturated carbocycles. The minimum atomic E-state index is 0.0568. The normalized spacial score (nSPS) is 10.3. The molecule has 1 heterocycles. The maximum atomic E-state index is 9.25. The summed E-state index contributed by atoms with van der Waals surface area (Å²) in [4.78, 5) is 10.6. The van der Waals surface area contributed by atoms with Crippen LogP contribution in [0.1, 0.15) is 11.4 Å². The highest BCUT2D eigenvalue weighted by molar-refractivity contribution is 5.49. The van der Waals surface area contributed by atoms with Crippen molar-refractivity contribution < 1.29 is 5.11 Å². The van der Waals surface area contributed by atoms with Crippen LogP contribution in [0.25, 0.3) is 0 Å². The summed E-state index contributed by atoms with van der Waals surface area (Å²) in [6.07, 6.45) is 0. The number of aromatic nitrogens is 2. The number of rotatable bonds is 6. The van der Waals surface area contributed by atoms with E-state index in [9.17, 15) is 5.11 Å². The van der Waals surface area contributed by atoms with Gasteiger partial charge in [0, 0.05) is 19.2 Å². The fraction of sp³-hybridized carbons (Fsp3) is 0.286. The molecule has 2 aromatic rings. The standard InChI is InChI=1S/C14H19N5O/c1-11-16-13(18-15)9-14(17-11)19(7-8-20)10-12-5-3-2-4-6-12/h2-6,9,20H,7-8,10,15H2,1H3,(H,16,17,18). The number of nitrogen functional groups attached to an aromatic ring is 1. The summed E-state index contributed by atoms with van der Waals surface area (Å²) in [6.45, 7) is 3.03. The third-order valence-corrected chi connectivity index (χ3v) is 2.88. The van der Waals surface area contributed by atoms with Gasteiger partial charge in [-0.2, -0.15) is 0 Å². The van der Waals surface area contributed by atoms with Crippen LogP contribution in [0.5, 0.6) is 0 Å². The van der Waals surface area contributed by atoms with Crippen molar-refractivity contribution in [3.8, 4) is 0 Å². The number of hydrogen-bond donors (Lipinski definition) is 3. The molecule has 1 aromatic heterocycles. The van der Waals surface area contributed by atoms with Gasteiger partial charge in [0.2, 0.25) is 0 Å². The van der Waals surface area contributed by atoms with Crippen molar-refractivity contribution in [2.75, 3.05) is 23.5 Å². The van der Waals surface area contributed by atoms with Crippen LogP contribution in [0.15, 0.2) is 36.4 Å². The third kappa shape index (κ3) is 3.66. The molecule has 20 heavy (non-hydrogen) atoms. The maximum absolute atomic E-state index is 9.25. The first-order valence-corrected chi connectivity index (χ1v) is 6.45. The van der Waals surface area contributed by atoms with E-state index in [1.54, 1.807) is 6.07 Å². The Kier molecular flexibility index (Phi) is 4.86. The minimum Gasteiger partial charge on any atom is -0.395 e. The number of aryl methyl sites for hydroxylation is 1. The van der Waals surface area contributed by atoms with Crippen molar-refractivity contribution in [3.05, 3.63) is 47.8 Å². The zero-order valence-electron chi connectivity index (χ0n) is 11.5. The molecule has 0 aliphatic heterocycles. The number of nitrogens with two attached hydrogens (primary N) is 1. The number of benzene rings is 1. The highest BCUT2D eigenvalue weighted by Gasteiger charge is 2.10. The highest BCUT2D eigenvalue weighted by atomic mass is 16.3. The average molecular weight is 273 g/mol. The van der Waals surface area contributed by atoms with Gasteiger partial charge >= 0.3 is 0 Å². The number of hydrazine groups is 1. The van der Waals surface area contributed by atoms with E-state index in [1.165, 1.54) is 0 Å². The number of aliphatic hydroxyl groups is 1. The third-order valence-electron chi connectivity index (χ3n) is 2.88. The number of nitrogens with one attached hydrogen (secondary N) is 1. The number of aliphatic hydroxyl groups excluding tert-OH is 1. The molecule has 6 nitrogen and oxygen atoms in total. The Hall–Kier alpha value is -2.18. The topological polar surface area (TPSA) is 87.3 Å². The average Bonchev–Trinajstić information content (AvgIpc) is 2.47. The lowest BCUT2D eigenvalue weighted by Gasteiger charge is -2.23. The lowest BCUT2D eigenvalue weighted by atomic mass is 10.2. The van der Waals surface area contributed by atoms with E-state index >= 15 is 0 Å². The molecule has 1 aromatic carbocycles. The summed E-state index contributed by atoms with van der Waals surface area (Å²) in [7, 11) is 0. The molecular weight excluding hydrogens is 254 g/mol. The molecule has 0 atom stereocenters. The van der Waals surface area contributed by atoms with Crippen LogP contribution in [0.2, 0.25) is 0 Å². The van der Waals surface area contributed by atoms with Crippen molar-refractivity contribution >= 4 is 11.6 Å². The number of hydrogen-bond acceptors (Lipinski definition) is 6. The van der Waals surface area contributed by atoms with Gasteiger partial charge in [0.25, 0.3) is 0 Å². The van der Waals surface area contributed by atoms with E-state index < -0.39 is 0 Å². The molecule has 0 unspecified atom stereocenters. The Labute approximate surface area is 118 Å². The van der Waals surface area contributed by atoms with E-state index in [2.05, 4.69) is 15.4 Å². The minimum absolute atomic E-state index is 0.0568. The second-order valence-electron chi connectivity index (χ2n) is 4.43. The van der Waals surface area contributed by atoms with Crippen LogP contribution in [-0.4, -0.2) is 28.2 Å². The van der Waals surface area contributed by atoms with Crippen molar-refractivity contribution in [2.24, 2.45) is 5.84 Å². The molecule has 0 bridgehead atoms. The number of nitrogens with zero attached hydrogens (tertiary/aromatic N) is 3. The first-order valence-electron chi connectivity index (χ1n) is 6.45. The molecule has 0 aliphatic carbocycles. The molecule has 0 spiro atoms. The Morgan fingerprint density at radius 1 is 1.25 bits per heavy atom. The first-order chi connectivity index (χ1) is 9.72. The van der Waals surface area contributed by atoms with Crippen LogP contribution >= 0.6 is 0 Å². The van der Waals surface area contributed by atoms with Gasteiger partial charge < -0.3 is 15.4 Å². The Morgan fingerprint density at radius 2 is 2.00 bits per heavy atom. The van der Waals surface area contributed by atoms with E-state index in [1.807, 2.05) is 42.2 Å². The molecule has 106 valence electrons. The molecule has 2 rings (SSSR count). The van der Waals surface area contributed by atoms with Crippen molar-refractivity contribution in [3.63, 3.8) is 0 Å². The molecule has 4 N–H and O–H groups in total.